The normalized spacial score (nSPS) is 11.3. The van der Waals surface area contributed by atoms with Gasteiger partial charge in [-0.3, -0.25) is 0 Å². The van der Waals surface area contributed by atoms with Crippen molar-refractivity contribution >= 4 is 5.82 Å². The topological polar surface area (TPSA) is 43.8 Å². The first-order chi connectivity index (χ1) is 9.36. The summed E-state index contributed by atoms with van der Waals surface area (Å²) in [6.07, 6.45) is 5.39. The molecule has 1 heterocycles. The molecule has 0 aliphatic rings. The Morgan fingerprint density at radius 3 is 2.55 bits per heavy atom. The lowest BCUT2D eigenvalue weighted by molar-refractivity contribution is 0.517. The zero-order valence-electron chi connectivity index (χ0n) is 11.9. The molecule has 0 aliphatic carbocycles. The average molecular weight is 271 g/mol. The molecule has 0 unspecified atom stereocenters. The third kappa shape index (κ3) is 2.39. The summed E-state index contributed by atoms with van der Waals surface area (Å²) >= 11 is 0. The lowest BCUT2D eigenvalue weighted by Gasteiger charge is -2.18. The molecule has 0 amide bonds. The van der Waals surface area contributed by atoms with Crippen LogP contribution in [0.2, 0.25) is 0 Å². The molecular formula is C16H18FN3. The second-order valence-electron chi connectivity index (χ2n) is 5.69. The van der Waals surface area contributed by atoms with Crippen LogP contribution in [-0.2, 0) is 12.0 Å². The smallest absolute Gasteiger partial charge is 0.132 e. The van der Waals surface area contributed by atoms with Crippen molar-refractivity contribution in [1.29, 1.82) is 0 Å². The average Bonchev–Trinajstić information content (AvgIpc) is 2.68. The van der Waals surface area contributed by atoms with Crippen molar-refractivity contribution in [2.75, 3.05) is 5.73 Å². The molecule has 0 fully saturated rings. The number of nitrogens with zero attached hydrogens (tertiary/aromatic N) is 2. The van der Waals surface area contributed by atoms with Crippen LogP contribution < -0.4 is 5.73 Å². The highest BCUT2D eigenvalue weighted by molar-refractivity contribution is 5.71. The van der Waals surface area contributed by atoms with Crippen LogP contribution >= 0.6 is 0 Å². The molecular weight excluding hydrogens is 253 g/mol. The number of rotatable bonds is 2. The first kappa shape index (κ1) is 14.1. The van der Waals surface area contributed by atoms with Crippen LogP contribution in [0.3, 0.4) is 0 Å². The monoisotopic (exact) mass is 271 g/mol. The summed E-state index contributed by atoms with van der Waals surface area (Å²) in [4.78, 5) is 4.53. The minimum absolute atomic E-state index is 0.228. The standard InChI is InChI=1S/C16H18FN3/c1-5-10-20-14(18)13(19-15(20)16(2,3)4)11-8-6-7-9-12(11)17/h1,6-9H,10,18H2,2-4H3. The SMILES string of the molecule is C#CCn1c(C(C)(C)C)nc(-c2ccccc2F)c1N. The maximum Gasteiger partial charge on any atom is 0.132 e. The van der Waals surface area contributed by atoms with Crippen LogP contribution in [0.5, 0.6) is 0 Å². The fourth-order valence-corrected chi connectivity index (χ4v) is 2.14. The summed E-state index contributed by atoms with van der Waals surface area (Å²) in [6, 6.07) is 6.46. The highest BCUT2D eigenvalue weighted by atomic mass is 19.1. The number of benzene rings is 1. The highest BCUT2D eigenvalue weighted by Crippen LogP contribution is 2.32. The van der Waals surface area contributed by atoms with E-state index >= 15 is 0 Å². The van der Waals surface area contributed by atoms with Crippen molar-refractivity contribution in [2.24, 2.45) is 0 Å². The molecule has 4 heteroatoms. The maximum atomic E-state index is 13.9. The van der Waals surface area contributed by atoms with E-state index in [0.717, 1.165) is 5.82 Å². The Labute approximate surface area is 118 Å². The van der Waals surface area contributed by atoms with E-state index in [1.54, 1.807) is 22.8 Å². The fourth-order valence-electron chi connectivity index (χ4n) is 2.14. The van der Waals surface area contributed by atoms with Gasteiger partial charge in [-0.25, -0.2) is 9.37 Å². The first-order valence-electron chi connectivity index (χ1n) is 6.41. The zero-order valence-corrected chi connectivity index (χ0v) is 11.9. The van der Waals surface area contributed by atoms with E-state index in [0.29, 0.717) is 23.6 Å². The van der Waals surface area contributed by atoms with Gasteiger partial charge in [-0.15, -0.1) is 6.42 Å². The predicted molar refractivity (Wildman–Crippen MR) is 79.6 cm³/mol. The zero-order chi connectivity index (χ0) is 14.9. The summed E-state index contributed by atoms with van der Waals surface area (Å²) in [5.41, 5.74) is 6.74. The van der Waals surface area contributed by atoms with Crippen molar-refractivity contribution in [1.82, 2.24) is 9.55 Å². The molecule has 3 nitrogen and oxygen atoms in total. The van der Waals surface area contributed by atoms with Gasteiger partial charge in [0.1, 0.15) is 23.2 Å². The van der Waals surface area contributed by atoms with Gasteiger partial charge in [0.2, 0.25) is 0 Å². The third-order valence-corrected chi connectivity index (χ3v) is 3.06. The highest BCUT2D eigenvalue weighted by Gasteiger charge is 2.25. The van der Waals surface area contributed by atoms with Gasteiger partial charge in [-0.1, -0.05) is 38.8 Å². The lowest BCUT2D eigenvalue weighted by Crippen LogP contribution is -2.19. The van der Waals surface area contributed by atoms with Gasteiger partial charge in [-0.05, 0) is 12.1 Å². The molecule has 1 aromatic heterocycles. The number of anilines is 1. The molecule has 2 rings (SSSR count). The molecule has 0 spiro atoms. The van der Waals surface area contributed by atoms with Crippen LogP contribution in [0.4, 0.5) is 10.2 Å². The molecule has 2 aromatic rings. The van der Waals surface area contributed by atoms with Crippen LogP contribution in [0.15, 0.2) is 24.3 Å². The summed E-state index contributed by atoms with van der Waals surface area (Å²) in [7, 11) is 0. The molecule has 0 saturated heterocycles. The van der Waals surface area contributed by atoms with E-state index in [1.807, 2.05) is 20.8 Å². The third-order valence-electron chi connectivity index (χ3n) is 3.06. The molecule has 0 saturated carbocycles. The Morgan fingerprint density at radius 1 is 1.35 bits per heavy atom. The molecule has 0 bridgehead atoms. The van der Waals surface area contributed by atoms with Gasteiger partial charge in [0.15, 0.2) is 0 Å². The van der Waals surface area contributed by atoms with Crippen LogP contribution in [0.1, 0.15) is 26.6 Å². The molecule has 104 valence electrons. The Balaban J connectivity index is 2.69. The van der Waals surface area contributed by atoms with E-state index in [2.05, 4.69) is 10.9 Å². The Kier molecular flexibility index (Phi) is 3.54. The predicted octanol–water partition coefficient (Wildman–Crippen LogP) is 3.20. The second kappa shape index (κ2) is 5.01. The molecule has 20 heavy (non-hydrogen) atoms. The van der Waals surface area contributed by atoms with Gasteiger partial charge in [-0.2, -0.15) is 0 Å². The molecule has 0 radical (unpaired) electrons. The Bertz CT molecular complexity index is 672. The van der Waals surface area contributed by atoms with E-state index in [9.17, 15) is 4.39 Å². The first-order valence-corrected chi connectivity index (χ1v) is 6.41. The van der Waals surface area contributed by atoms with E-state index in [4.69, 9.17) is 12.2 Å². The largest absolute Gasteiger partial charge is 0.383 e. The van der Waals surface area contributed by atoms with Crippen LogP contribution in [0.25, 0.3) is 11.3 Å². The van der Waals surface area contributed by atoms with Gasteiger partial charge >= 0.3 is 0 Å². The van der Waals surface area contributed by atoms with Crippen molar-refractivity contribution in [3.05, 3.63) is 35.9 Å². The van der Waals surface area contributed by atoms with Gasteiger partial charge < -0.3 is 10.3 Å². The molecule has 2 N–H and O–H groups in total. The number of hydrogen-bond acceptors (Lipinski definition) is 2. The van der Waals surface area contributed by atoms with E-state index in [1.165, 1.54) is 6.07 Å². The quantitative estimate of drug-likeness (QED) is 0.852. The van der Waals surface area contributed by atoms with Crippen molar-refractivity contribution in [2.45, 2.75) is 32.7 Å². The van der Waals surface area contributed by atoms with Gasteiger partial charge in [0, 0.05) is 11.0 Å². The lowest BCUT2D eigenvalue weighted by atomic mass is 9.95. The van der Waals surface area contributed by atoms with Crippen molar-refractivity contribution in [3.63, 3.8) is 0 Å². The maximum absolute atomic E-state index is 13.9. The van der Waals surface area contributed by atoms with Crippen LogP contribution in [-0.4, -0.2) is 9.55 Å². The van der Waals surface area contributed by atoms with Gasteiger partial charge in [0.25, 0.3) is 0 Å². The van der Waals surface area contributed by atoms with E-state index in [-0.39, 0.29) is 11.2 Å². The number of aromatic nitrogens is 2. The molecule has 0 atom stereocenters. The summed E-state index contributed by atoms with van der Waals surface area (Å²) in [5.74, 6) is 3.38. The number of imidazole rings is 1. The Morgan fingerprint density at radius 2 is 2.00 bits per heavy atom. The number of terminal acetylenes is 1. The summed E-state index contributed by atoms with van der Waals surface area (Å²) in [6.45, 7) is 6.38. The van der Waals surface area contributed by atoms with Crippen molar-refractivity contribution < 1.29 is 4.39 Å². The van der Waals surface area contributed by atoms with E-state index < -0.39 is 0 Å². The second-order valence-corrected chi connectivity index (χ2v) is 5.69. The molecule has 0 aliphatic heterocycles. The number of halogens is 1. The van der Waals surface area contributed by atoms with Crippen molar-refractivity contribution in [3.8, 4) is 23.6 Å². The van der Waals surface area contributed by atoms with Gasteiger partial charge in [0.05, 0.1) is 6.54 Å². The fraction of sp³-hybridized carbons (Fsp3) is 0.312. The molecule has 1 aromatic carbocycles. The Hall–Kier alpha value is -2.28. The number of nitrogens with two attached hydrogens (primary N) is 1. The summed E-state index contributed by atoms with van der Waals surface area (Å²) < 4.78 is 15.7. The number of hydrogen-bond donors (Lipinski definition) is 1. The van der Waals surface area contributed by atoms with Crippen LogP contribution in [0, 0.1) is 18.2 Å². The summed E-state index contributed by atoms with van der Waals surface area (Å²) in [5, 5.41) is 0. The minimum Gasteiger partial charge on any atom is -0.383 e. The number of nitrogen functional groups attached to an aromatic ring is 1. The minimum atomic E-state index is -0.343.